The Morgan fingerprint density at radius 1 is 1.33 bits per heavy atom. The van der Waals surface area contributed by atoms with Gasteiger partial charge >= 0.3 is 5.97 Å². The molecule has 0 unspecified atom stereocenters. The molecule has 0 aliphatic heterocycles. The summed E-state index contributed by atoms with van der Waals surface area (Å²) in [5, 5.41) is 18.0. The van der Waals surface area contributed by atoms with Gasteiger partial charge in [-0.05, 0) is 0 Å². The third-order valence-corrected chi connectivity index (χ3v) is 2.05. The fourth-order valence-electron chi connectivity index (χ4n) is 1.26. The molecule has 0 saturated carbocycles. The Kier molecular flexibility index (Phi) is 2.64. The minimum atomic E-state index is -1.54. The molecular weight excluding hydrogens is 242 g/mol. The van der Waals surface area contributed by atoms with Crippen LogP contribution in [0.5, 0.6) is 5.75 Å². The second-order valence-electron chi connectivity index (χ2n) is 3.21. The molecule has 2 rings (SSSR count). The van der Waals surface area contributed by atoms with E-state index in [1.165, 1.54) is 12.4 Å². The van der Waals surface area contributed by atoms with Gasteiger partial charge in [0.05, 0.1) is 0 Å². The summed E-state index contributed by atoms with van der Waals surface area (Å²) in [6, 6.07) is 0. The lowest BCUT2D eigenvalue weighted by atomic mass is 10.3. The highest BCUT2D eigenvalue weighted by Crippen LogP contribution is 2.18. The predicted octanol–water partition coefficient (Wildman–Crippen LogP) is -0.787. The third kappa shape index (κ3) is 1.84. The number of rotatable bonds is 2. The maximum absolute atomic E-state index is 11.4. The minimum Gasteiger partial charge on any atom is -0.501 e. The van der Waals surface area contributed by atoms with Crippen molar-refractivity contribution in [2.45, 2.75) is 0 Å². The molecule has 2 aromatic heterocycles. The van der Waals surface area contributed by atoms with E-state index in [1.807, 2.05) is 0 Å². The van der Waals surface area contributed by atoms with Crippen LogP contribution < -0.4 is 11.3 Å². The first-order chi connectivity index (χ1) is 8.50. The largest absolute Gasteiger partial charge is 0.501 e. The van der Waals surface area contributed by atoms with Gasteiger partial charge in [0.1, 0.15) is 5.69 Å². The van der Waals surface area contributed by atoms with E-state index in [0.29, 0.717) is 0 Å². The van der Waals surface area contributed by atoms with E-state index in [4.69, 9.17) is 10.8 Å². The molecule has 92 valence electrons. The fraction of sp³-hybridized carbons (Fsp3) is 0. The molecule has 9 heteroatoms. The van der Waals surface area contributed by atoms with Crippen molar-refractivity contribution in [1.29, 1.82) is 0 Å². The molecule has 0 atom stereocenters. The second kappa shape index (κ2) is 4.13. The molecule has 5 N–H and O–H groups in total. The number of aromatic carboxylic acids is 1. The van der Waals surface area contributed by atoms with Crippen LogP contribution in [-0.4, -0.2) is 36.1 Å². The lowest BCUT2D eigenvalue weighted by Crippen LogP contribution is -2.16. The van der Waals surface area contributed by atoms with E-state index < -0.39 is 23.0 Å². The zero-order valence-electron chi connectivity index (χ0n) is 8.78. The van der Waals surface area contributed by atoms with Crippen LogP contribution in [0.25, 0.3) is 11.5 Å². The third-order valence-electron chi connectivity index (χ3n) is 2.05. The van der Waals surface area contributed by atoms with Crippen LogP contribution in [0.1, 0.15) is 10.5 Å². The molecule has 0 aliphatic carbocycles. The fourth-order valence-corrected chi connectivity index (χ4v) is 1.26. The van der Waals surface area contributed by atoms with E-state index in [1.54, 1.807) is 0 Å². The monoisotopic (exact) mass is 249 g/mol. The molecule has 0 radical (unpaired) electrons. The second-order valence-corrected chi connectivity index (χ2v) is 3.21. The van der Waals surface area contributed by atoms with Crippen molar-refractivity contribution >= 4 is 11.8 Å². The van der Waals surface area contributed by atoms with E-state index in [-0.39, 0.29) is 17.3 Å². The van der Waals surface area contributed by atoms with Gasteiger partial charge in [-0.1, -0.05) is 0 Å². The molecule has 9 nitrogen and oxygen atoms in total. The molecule has 0 aliphatic rings. The van der Waals surface area contributed by atoms with Crippen molar-refractivity contribution in [2.75, 3.05) is 5.73 Å². The van der Waals surface area contributed by atoms with Gasteiger partial charge in [-0.2, -0.15) is 0 Å². The van der Waals surface area contributed by atoms with Crippen LogP contribution in [0.15, 0.2) is 17.2 Å². The molecule has 0 amide bonds. The summed E-state index contributed by atoms with van der Waals surface area (Å²) >= 11 is 0. The number of H-pyrrole nitrogens is 1. The Morgan fingerprint density at radius 3 is 2.61 bits per heavy atom. The minimum absolute atomic E-state index is 0.0251. The first kappa shape index (κ1) is 11.5. The summed E-state index contributed by atoms with van der Waals surface area (Å²) < 4.78 is 0. The van der Waals surface area contributed by atoms with Crippen molar-refractivity contribution in [1.82, 2.24) is 19.9 Å². The number of nitrogens with two attached hydrogens (primary N) is 1. The quantitative estimate of drug-likeness (QED) is 0.539. The van der Waals surface area contributed by atoms with Crippen molar-refractivity contribution in [3.05, 3.63) is 28.4 Å². The standard InChI is InChI=1S/C9H7N5O4/c10-6-4(11-1-2-12-6)7-13-3(9(17)18)5(15)8(16)14-7/h1-2,15H,(H2,10,12)(H,17,18)(H,13,14,16). The molecule has 2 aromatic rings. The Hall–Kier alpha value is -2.97. The van der Waals surface area contributed by atoms with Gasteiger partial charge in [0.25, 0.3) is 5.56 Å². The number of carboxylic acid groups (broad SMARTS) is 1. The molecule has 0 bridgehead atoms. The van der Waals surface area contributed by atoms with Gasteiger partial charge in [0, 0.05) is 12.4 Å². The average Bonchev–Trinajstić information content (AvgIpc) is 2.33. The Bertz CT molecular complexity index is 681. The number of nitrogen functional groups attached to an aromatic ring is 1. The first-order valence-electron chi connectivity index (χ1n) is 4.64. The SMILES string of the molecule is Nc1nccnc1-c1nc(C(=O)O)c(O)c(=O)[nH]1. The predicted molar refractivity (Wildman–Crippen MR) is 58.9 cm³/mol. The highest BCUT2D eigenvalue weighted by Gasteiger charge is 2.19. The number of hydrogen-bond donors (Lipinski definition) is 4. The zero-order chi connectivity index (χ0) is 13.3. The number of nitrogens with zero attached hydrogens (tertiary/aromatic N) is 3. The smallest absolute Gasteiger partial charge is 0.358 e. The number of hydrogen-bond acceptors (Lipinski definition) is 7. The highest BCUT2D eigenvalue weighted by molar-refractivity contribution is 5.88. The summed E-state index contributed by atoms with van der Waals surface area (Å²) in [7, 11) is 0. The van der Waals surface area contributed by atoms with E-state index in [9.17, 15) is 14.7 Å². The summed E-state index contributed by atoms with van der Waals surface area (Å²) in [6.45, 7) is 0. The lowest BCUT2D eigenvalue weighted by Gasteiger charge is -2.04. The van der Waals surface area contributed by atoms with E-state index in [0.717, 1.165) is 0 Å². The lowest BCUT2D eigenvalue weighted by molar-refractivity contribution is 0.0686. The number of nitrogens with one attached hydrogen (secondary N) is 1. The Morgan fingerprint density at radius 2 is 2.00 bits per heavy atom. The molecule has 0 spiro atoms. The van der Waals surface area contributed by atoms with Gasteiger partial charge in [-0.25, -0.2) is 19.7 Å². The van der Waals surface area contributed by atoms with Gasteiger partial charge < -0.3 is 20.9 Å². The molecule has 18 heavy (non-hydrogen) atoms. The zero-order valence-corrected chi connectivity index (χ0v) is 8.78. The first-order valence-corrected chi connectivity index (χ1v) is 4.64. The summed E-state index contributed by atoms with van der Waals surface area (Å²) in [6.07, 6.45) is 2.63. The van der Waals surface area contributed by atoms with Crippen LogP contribution in [0.4, 0.5) is 5.82 Å². The van der Waals surface area contributed by atoms with Crippen molar-refractivity contribution in [2.24, 2.45) is 0 Å². The average molecular weight is 249 g/mol. The normalized spacial score (nSPS) is 10.2. The van der Waals surface area contributed by atoms with Crippen LogP contribution in [0.2, 0.25) is 0 Å². The van der Waals surface area contributed by atoms with Crippen LogP contribution in [0.3, 0.4) is 0 Å². The summed E-state index contributed by atoms with van der Waals surface area (Å²) in [4.78, 5) is 35.4. The number of carbonyl (C=O) groups is 1. The molecule has 2 heterocycles. The maximum Gasteiger partial charge on any atom is 0.358 e. The Balaban J connectivity index is 2.71. The number of aromatic amines is 1. The molecule has 0 saturated heterocycles. The van der Waals surface area contributed by atoms with E-state index in [2.05, 4.69) is 19.9 Å². The van der Waals surface area contributed by atoms with Gasteiger partial charge in [0.2, 0.25) is 5.75 Å². The van der Waals surface area contributed by atoms with Gasteiger partial charge in [-0.15, -0.1) is 0 Å². The van der Waals surface area contributed by atoms with Crippen molar-refractivity contribution in [3.63, 3.8) is 0 Å². The number of anilines is 1. The van der Waals surface area contributed by atoms with Gasteiger partial charge in [-0.3, -0.25) is 4.79 Å². The van der Waals surface area contributed by atoms with Crippen molar-refractivity contribution in [3.8, 4) is 17.3 Å². The number of aromatic hydroxyl groups is 1. The van der Waals surface area contributed by atoms with E-state index >= 15 is 0 Å². The summed E-state index contributed by atoms with van der Waals surface area (Å²) in [5.41, 5.74) is 3.77. The number of carboxylic acids is 1. The maximum atomic E-state index is 11.4. The topological polar surface area (TPSA) is 155 Å². The molecular formula is C9H7N5O4. The van der Waals surface area contributed by atoms with Gasteiger partial charge in [0.15, 0.2) is 17.3 Å². The highest BCUT2D eigenvalue weighted by atomic mass is 16.4. The number of aromatic nitrogens is 4. The van der Waals surface area contributed by atoms with Crippen LogP contribution >= 0.6 is 0 Å². The Labute approximate surface area is 99.0 Å². The van der Waals surface area contributed by atoms with Crippen LogP contribution in [0, 0.1) is 0 Å². The van der Waals surface area contributed by atoms with Crippen molar-refractivity contribution < 1.29 is 15.0 Å². The molecule has 0 aromatic carbocycles. The molecule has 0 fully saturated rings. The summed E-state index contributed by atoms with van der Waals surface area (Å²) in [5.74, 6) is -2.72. The van der Waals surface area contributed by atoms with Crippen LogP contribution in [-0.2, 0) is 0 Å².